The standard InChI is InChI=1S/C32H37N7O3S/c1-24-12-15-27(16-13-24)43(41,42)39(23-25-10-4-2-5-11-25)28-17-14-26(22-29(28)40)33-30-34-31(37-18-6-3-7-19-37)36-32(35-30)38-20-8-9-21-38/h2,4-5,10-17,22,40H,3,6-9,18-21,23H2,1H3,(H,33,34,35,36). The topological polar surface area (TPSA) is 115 Å². The lowest BCUT2D eigenvalue weighted by Gasteiger charge is -2.28. The fourth-order valence-electron chi connectivity index (χ4n) is 5.53. The van der Waals surface area contributed by atoms with Gasteiger partial charge in [-0.05, 0) is 68.9 Å². The Morgan fingerprint density at radius 2 is 1.40 bits per heavy atom. The summed E-state index contributed by atoms with van der Waals surface area (Å²) in [4.78, 5) is 18.8. The Morgan fingerprint density at radius 3 is 2.00 bits per heavy atom. The third kappa shape index (κ3) is 6.51. The third-order valence-corrected chi connectivity index (χ3v) is 9.69. The number of hydrogen-bond donors (Lipinski definition) is 2. The van der Waals surface area contributed by atoms with Crippen LogP contribution in [0.15, 0.2) is 77.7 Å². The van der Waals surface area contributed by atoms with Gasteiger partial charge in [0.2, 0.25) is 17.8 Å². The number of nitrogens with zero attached hydrogens (tertiary/aromatic N) is 6. The van der Waals surface area contributed by atoms with Crippen LogP contribution in [0.1, 0.15) is 43.2 Å². The van der Waals surface area contributed by atoms with Gasteiger partial charge < -0.3 is 20.2 Å². The zero-order chi connectivity index (χ0) is 29.8. The van der Waals surface area contributed by atoms with Crippen LogP contribution in [0.4, 0.5) is 29.2 Å². The minimum Gasteiger partial charge on any atom is -0.506 e. The number of benzene rings is 3. The van der Waals surface area contributed by atoms with Gasteiger partial charge in [0.05, 0.1) is 17.1 Å². The third-order valence-electron chi connectivity index (χ3n) is 7.92. The highest BCUT2D eigenvalue weighted by Gasteiger charge is 2.28. The van der Waals surface area contributed by atoms with Crippen molar-refractivity contribution in [2.24, 2.45) is 0 Å². The van der Waals surface area contributed by atoms with Crippen molar-refractivity contribution in [3.8, 4) is 5.75 Å². The second-order valence-corrected chi connectivity index (χ2v) is 13.0. The van der Waals surface area contributed by atoms with Gasteiger partial charge in [0.25, 0.3) is 10.0 Å². The molecule has 0 amide bonds. The number of phenols is 1. The van der Waals surface area contributed by atoms with Crippen LogP contribution in [0.2, 0.25) is 0 Å². The number of phenolic OH excluding ortho intramolecular Hbond substituents is 1. The summed E-state index contributed by atoms with van der Waals surface area (Å²) in [7, 11) is -3.99. The molecular weight excluding hydrogens is 562 g/mol. The number of aromatic hydroxyl groups is 1. The smallest absolute Gasteiger partial charge is 0.264 e. The minimum atomic E-state index is -3.99. The summed E-state index contributed by atoms with van der Waals surface area (Å²) in [6.45, 7) is 5.60. The van der Waals surface area contributed by atoms with Crippen molar-refractivity contribution in [2.75, 3.05) is 45.6 Å². The fourth-order valence-corrected chi connectivity index (χ4v) is 7.00. The molecule has 2 aliphatic heterocycles. The van der Waals surface area contributed by atoms with Gasteiger partial charge in [-0.1, -0.05) is 48.0 Å². The molecule has 0 radical (unpaired) electrons. The number of nitrogens with one attached hydrogen (secondary N) is 1. The first-order valence-electron chi connectivity index (χ1n) is 14.9. The van der Waals surface area contributed by atoms with Crippen molar-refractivity contribution in [1.29, 1.82) is 0 Å². The quantitative estimate of drug-likeness (QED) is 0.253. The molecular formula is C32H37N7O3S. The van der Waals surface area contributed by atoms with Crippen LogP contribution in [0, 0.1) is 6.92 Å². The van der Waals surface area contributed by atoms with E-state index in [9.17, 15) is 13.5 Å². The summed E-state index contributed by atoms with van der Waals surface area (Å²) in [5.74, 6) is 1.51. The highest BCUT2D eigenvalue weighted by atomic mass is 32.2. The molecule has 6 rings (SSSR count). The van der Waals surface area contributed by atoms with Gasteiger partial charge in [-0.15, -0.1) is 0 Å². The highest BCUT2D eigenvalue weighted by molar-refractivity contribution is 7.92. The van der Waals surface area contributed by atoms with E-state index in [4.69, 9.17) is 15.0 Å². The molecule has 0 aliphatic carbocycles. The molecule has 2 saturated heterocycles. The second-order valence-electron chi connectivity index (χ2n) is 11.1. The number of hydrogen-bond acceptors (Lipinski definition) is 9. The Labute approximate surface area is 253 Å². The molecule has 1 aromatic heterocycles. The molecule has 0 atom stereocenters. The fraction of sp³-hybridized carbons (Fsp3) is 0.344. The summed E-state index contributed by atoms with van der Waals surface area (Å²) in [6.07, 6.45) is 5.63. The Hall–Kier alpha value is -4.38. The van der Waals surface area contributed by atoms with E-state index in [0.29, 0.717) is 23.5 Å². The molecule has 0 bridgehead atoms. The monoisotopic (exact) mass is 599 g/mol. The molecule has 4 aromatic rings. The Balaban J connectivity index is 1.32. The zero-order valence-electron chi connectivity index (χ0n) is 24.4. The molecule has 2 fully saturated rings. The summed E-state index contributed by atoms with van der Waals surface area (Å²) < 4.78 is 29.0. The Bertz CT molecular complexity index is 1650. The molecule has 0 saturated carbocycles. The van der Waals surface area contributed by atoms with Crippen LogP contribution in [0.25, 0.3) is 0 Å². The Morgan fingerprint density at radius 1 is 0.791 bits per heavy atom. The van der Waals surface area contributed by atoms with Crippen molar-refractivity contribution in [3.05, 3.63) is 83.9 Å². The van der Waals surface area contributed by atoms with Gasteiger partial charge in [-0.25, -0.2) is 8.42 Å². The maximum absolute atomic E-state index is 13.9. The van der Waals surface area contributed by atoms with Crippen LogP contribution < -0.4 is 19.4 Å². The largest absolute Gasteiger partial charge is 0.506 e. The number of anilines is 5. The molecule has 11 heteroatoms. The van der Waals surface area contributed by atoms with Crippen LogP contribution >= 0.6 is 0 Å². The van der Waals surface area contributed by atoms with Gasteiger partial charge in [0.1, 0.15) is 5.75 Å². The molecule has 224 valence electrons. The predicted octanol–water partition coefficient (Wildman–Crippen LogP) is 5.62. The van der Waals surface area contributed by atoms with E-state index >= 15 is 0 Å². The molecule has 3 heterocycles. The lowest BCUT2D eigenvalue weighted by atomic mass is 10.1. The number of aryl methyl sites for hydroxylation is 1. The summed E-state index contributed by atoms with van der Waals surface area (Å²) in [5, 5.41) is 14.5. The lowest BCUT2D eigenvalue weighted by Crippen LogP contribution is -2.32. The van der Waals surface area contributed by atoms with E-state index in [2.05, 4.69) is 15.1 Å². The molecule has 0 spiro atoms. The van der Waals surface area contributed by atoms with Crippen molar-refractivity contribution in [1.82, 2.24) is 15.0 Å². The first-order chi connectivity index (χ1) is 20.9. The second kappa shape index (κ2) is 12.5. The van der Waals surface area contributed by atoms with Crippen LogP contribution in [0.3, 0.4) is 0 Å². The Kier molecular flexibility index (Phi) is 8.33. The summed E-state index contributed by atoms with van der Waals surface area (Å²) in [6, 6.07) is 20.9. The maximum atomic E-state index is 13.9. The molecule has 2 N–H and O–H groups in total. The van der Waals surface area contributed by atoms with E-state index < -0.39 is 10.0 Å². The number of sulfonamides is 1. The van der Waals surface area contributed by atoms with E-state index in [1.54, 1.807) is 36.4 Å². The first-order valence-corrected chi connectivity index (χ1v) is 16.3. The van der Waals surface area contributed by atoms with E-state index in [-0.39, 0.29) is 22.9 Å². The van der Waals surface area contributed by atoms with E-state index in [1.807, 2.05) is 37.3 Å². The SMILES string of the molecule is Cc1ccc(S(=O)(=O)N(Cc2ccccc2)c2ccc(Nc3nc(N4CCCCC4)nc(N4CCCC4)n3)cc2O)cc1. The van der Waals surface area contributed by atoms with Crippen LogP contribution in [-0.2, 0) is 16.6 Å². The normalized spacial score (nSPS) is 15.5. The maximum Gasteiger partial charge on any atom is 0.264 e. The number of rotatable bonds is 9. The number of aromatic nitrogens is 3. The van der Waals surface area contributed by atoms with Gasteiger partial charge in [0.15, 0.2) is 0 Å². The van der Waals surface area contributed by atoms with Crippen molar-refractivity contribution >= 4 is 39.2 Å². The van der Waals surface area contributed by atoms with Gasteiger partial charge in [-0.2, -0.15) is 15.0 Å². The van der Waals surface area contributed by atoms with Gasteiger partial charge in [0, 0.05) is 37.9 Å². The van der Waals surface area contributed by atoms with Crippen molar-refractivity contribution in [3.63, 3.8) is 0 Å². The first kappa shape index (κ1) is 28.7. The predicted molar refractivity (Wildman–Crippen MR) is 170 cm³/mol. The summed E-state index contributed by atoms with van der Waals surface area (Å²) >= 11 is 0. The lowest BCUT2D eigenvalue weighted by molar-refractivity contribution is 0.475. The van der Waals surface area contributed by atoms with E-state index in [0.717, 1.165) is 63.0 Å². The molecule has 43 heavy (non-hydrogen) atoms. The molecule has 0 unspecified atom stereocenters. The average Bonchev–Trinajstić information content (AvgIpc) is 3.57. The minimum absolute atomic E-state index is 0.0588. The van der Waals surface area contributed by atoms with Crippen molar-refractivity contribution in [2.45, 2.75) is 50.5 Å². The number of piperidine rings is 1. The molecule has 10 nitrogen and oxygen atoms in total. The van der Waals surface area contributed by atoms with Gasteiger partial charge >= 0.3 is 0 Å². The van der Waals surface area contributed by atoms with Crippen molar-refractivity contribution < 1.29 is 13.5 Å². The molecule has 2 aliphatic rings. The average molecular weight is 600 g/mol. The zero-order valence-corrected chi connectivity index (χ0v) is 25.2. The van der Waals surface area contributed by atoms with Crippen LogP contribution in [0.5, 0.6) is 5.75 Å². The van der Waals surface area contributed by atoms with E-state index in [1.165, 1.54) is 16.8 Å². The summed E-state index contributed by atoms with van der Waals surface area (Å²) in [5.41, 5.74) is 2.47. The molecule has 3 aromatic carbocycles. The van der Waals surface area contributed by atoms with Gasteiger partial charge in [-0.3, -0.25) is 4.31 Å². The van der Waals surface area contributed by atoms with Crippen LogP contribution in [-0.4, -0.2) is 54.7 Å². The highest BCUT2D eigenvalue weighted by Crippen LogP contribution is 2.36.